The Morgan fingerprint density at radius 1 is 1.09 bits per heavy atom. The summed E-state index contributed by atoms with van der Waals surface area (Å²) in [7, 11) is -1.88. The van der Waals surface area contributed by atoms with Gasteiger partial charge in [0.2, 0.25) is 16.0 Å². The number of benzene rings is 1. The molecule has 1 aliphatic heterocycles. The van der Waals surface area contributed by atoms with Crippen LogP contribution in [-0.4, -0.2) is 83.8 Å². The van der Waals surface area contributed by atoms with Crippen LogP contribution in [0, 0.1) is 0 Å². The minimum Gasteiger partial charge on any atom is -0.379 e. The van der Waals surface area contributed by atoms with Crippen molar-refractivity contribution in [1.29, 1.82) is 0 Å². The maximum Gasteiger partial charge on any atom is 0.245 e. The number of hydrogen-bond donors (Lipinski definition) is 1. The number of hydrogen-bond acceptors (Lipinski definition) is 8. The zero-order valence-corrected chi connectivity index (χ0v) is 20.5. The molecule has 1 aromatic carbocycles. The van der Waals surface area contributed by atoms with Gasteiger partial charge in [-0.3, -0.25) is 13.9 Å². The highest BCUT2D eigenvalue weighted by Crippen LogP contribution is 2.32. The first-order chi connectivity index (χ1) is 16.9. The molecular weight excluding hydrogens is 468 g/mol. The van der Waals surface area contributed by atoms with E-state index in [1.54, 1.807) is 30.0 Å². The molecule has 0 radical (unpaired) electrons. The lowest BCUT2D eigenvalue weighted by Gasteiger charge is -2.26. The standard InChI is InChI=1S/C23H28N8O3S/c1-28(35(2,32)33)21-6-4-3-5-20(21)22-8-7-19-16-24-23(27-31(19)22)26-18-15-25-30(17-18)10-9-29-11-13-34-14-12-29/h3-8,15-17H,9-14H2,1-2H3,(H,26,27). The summed E-state index contributed by atoms with van der Waals surface area (Å²) in [6.07, 6.45) is 6.59. The Kier molecular flexibility index (Phi) is 6.41. The summed E-state index contributed by atoms with van der Waals surface area (Å²) in [4.78, 5) is 6.79. The molecule has 0 amide bonds. The fourth-order valence-corrected chi connectivity index (χ4v) is 4.57. The van der Waals surface area contributed by atoms with Gasteiger partial charge in [0, 0.05) is 38.4 Å². The third-order valence-corrected chi connectivity index (χ3v) is 7.25. The van der Waals surface area contributed by atoms with Crippen LogP contribution in [0.15, 0.2) is 55.0 Å². The number of aromatic nitrogens is 5. The lowest BCUT2D eigenvalue weighted by atomic mass is 10.1. The Bertz CT molecular complexity index is 1430. The largest absolute Gasteiger partial charge is 0.379 e. The van der Waals surface area contributed by atoms with E-state index in [2.05, 4.69) is 25.4 Å². The third-order valence-electron chi connectivity index (χ3n) is 6.05. The molecule has 0 saturated carbocycles. The maximum atomic E-state index is 12.2. The molecule has 0 unspecified atom stereocenters. The number of sulfonamides is 1. The summed E-state index contributed by atoms with van der Waals surface area (Å²) in [6, 6.07) is 11.2. The van der Waals surface area contributed by atoms with Crippen LogP contribution in [-0.2, 0) is 21.3 Å². The smallest absolute Gasteiger partial charge is 0.245 e. The number of nitrogens with one attached hydrogen (secondary N) is 1. The first-order valence-electron chi connectivity index (χ1n) is 11.4. The number of ether oxygens (including phenoxy) is 1. The Labute approximate surface area is 204 Å². The maximum absolute atomic E-state index is 12.2. The van der Waals surface area contributed by atoms with E-state index in [9.17, 15) is 8.42 Å². The quantitative estimate of drug-likeness (QED) is 0.395. The van der Waals surface area contributed by atoms with E-state index in [4.69, 9.17) is 4.74 Å². The molecule has 12 heteroatoms. The first-order valence-corrected chi connectivity index (χ1v) is 13.2. The van der Waals surface area contributed by atoms with Crippen molar-refractivity contribution in [1.82, 2.24) is 29.3 Å². The number of anilines is 3. The van der Waals surface area contributed by atoms with Crippen LogP contribution in [0.3, 0.4) is 0 Å². The number of nitrogens with zero attached hydrogens (tertiary/aromatic N) is 7. The van der Waals surface area contributed by atoms with E-state index in [0.29, 0.717) is 11.6 Å². The second kappa shape index (κ2) is 9.64. The van der Waals surface area contributed by atoms with Crippen LogP contribution in [0.25, 0.3) is 16.8 Å². The molecule has 4 heterocycles. The van der Waals surface area contributed by atoms with Crippen LogP contribution in [0.4, 0.5) is 17.3 Å². The van der Waals surface area contributed by atoms with Gasteiger partial charge < -0.3 is 10.1 Å². The minimum absolute atomic E-state index is 0.414. The average Bonchev–Trinajstić information content (AvgIpc) is 3.49. The molecule has 184 valence electrons. The van der Waals surface area contributed by atoms with Crippen molar-refractivity contribution in [2.24, 2.45) is 0 Å². The van der Waals surface area contributed by atoms with Crippen LogP contribution in [0.2, 0.25) is 0 Å². The SMILES string of the molecule is CN(c1ccccc1-c1ccc2cnc(Nc3cnn(CCN4CCOCC4)c3)nn12)S(C)(=O)=O. The molecular formula is C23H28N8O3S. The van der Waals surface area contributed by atoms with Gasteiger partial charge in [0.25, 0.3) is 0 Å². The number of fused-ring (bicyclic) bond motifs is 1. The van der Waals surface area contributed by atoms with Gasteiger partial charge in [0.1, 0.15) is 0 Å². The average molecular weight is 497 g/mol. The second-order valence-corrected chi connectivity index (χ2v) is 10.5. The van der Waals surface area contributed by atoms with Gasteiger partial charge in [0.05, 0.1) is 61.0 Å². The molecule has 1 saturated heterocycles. The molecule has 1 aliphatic rings. The molecule has 0 spiro atoms. The minimum atomic E-state index is -3.42. The van der Waals surface area contributed by atoms with Crippen molar-refractivity contribution in [3.63, 3.8) is 0 Å². The Balaban J connectivity index is 1.37. The number of morpholine rings is 1. The van der Waals surface area contributed by atoms with E-state index in [1.165, 1.54) is 10.6 Å². The molecule has 4 aromatic rings. The summed E-state index contributed by atoms with van der Waals surface area (Å²) in [6.45, 7) is 5.16. The molecule has 0 bridgehead atoms. The summed E-state index contributed by atoms with van der Waals surface area (Å²) < 4.78 is 34.7. The lowest BCUT2D eigenvalue weighted by molar-refractivity contribution is 0.0360. The Morgan fingerprint density at radius 3 is 2.69 bits per heavy atom. The molecule has 3 aromatic heterocycles. The number of rotatable bonds is 8. The highest BCUT2D eigenvalue weighted by molar-refractivity contribution is 7.92. The Morgan fingerprint density at radius 2 is 1.89 bits per heavy atom. The van der Waals surface area contributed by atoms with Crippen LogP contribution >= 0.6 is 0 Å². The van der Waals surface area contributed by atoms with Gasteiger partial charge >= 0.3 is 0 Å². The van der Waals surface area contributed by atoms with Gasteiger partial charge in [-0.15, -0.1) is 5.10 Å². The van der Waals surface area contributed by atoms with Crippen molar-refractivity contribution >= 4 is 32.9 Å². The van der Waals surface area contributed by atoms with E-state index >= 15 is 0 Å². The molecule has 1 fully saturated rings. The third kappa shape index (κ3) is 5.14. The van der Waals surface area contributed by atoms with E-state index in [0.717, 1.165) is 61.9 Å². The second-order valence-electron chi connectivity index (χ2n) is 8.46. The van der Waals surface area contributed by atoms with Crippen LogP contribution < -0.4 is 9.62 Å². The summed E-state index contributed by atoms with van der Waals surface area (Å²) >= 11 is 0. The highest BCUT2D eigenvalue weighted by Gasteiger charge is 2.19. The van der Waals surface area contributed by atoms with E-state index < -0.39 is 10.0 Å². The summed E-state index contributed by atoms with van der Waals surface area (Å²) in [5.41, 5.74) is 3.67. The monoisotopic (exact) mass is 496 g/mol. The van der Waals surface area contributed by atoms with Gasteiger partial charge in [-0.2, -0.15) is 5.10 Å². The first kappa shape index (κ1) is 23.3. The topological polar surface area (TPSA) is 110 Å². The van der Waals surface area contributed by atoms with Gasteiger partial charge in [-0.1, -0.05) is 18.2 Å². The highest BCUT2D eigenvalue weighted by atomic mass is 32.2. The van der Waals surface area contributed by atoms with E-state index in [-0.39, 0.29) is 0 Å². The summed E-state index contributed by atoms with van der Waals surface area (Å²) in [5, 5.41) is 12.3. The van der Waals surface area contributed by atoms with Gasteiger partial charge in [0.15, 0.2) is 0 Å². The fraction of sp³-hybridized carbons (Fsp3) is 0.348. The van der Waals surface area contributed by atoms with Gasteiger partial charge in [-0.25, -0.2) is 17.9 Å². The van der Waals surface area contributed by atoms with Crippen molar-refractivity contribution in [2.45, 2.75) is 6.54 Å². The van der Waals surface area contributed by atoms with Gasteiger partial charge in [-0.05, 0) is 18.2 Å². The van der Waals surface area contributed by atoms with Crippen LogP contribution in [0.1, 0.15) is 0 Å². The number of para-hydroxylation sites is 1. The zero-order valence-electron chi connectivity index (χ0n) is 19.7. The molecule has 35 heavy (non-hydrogen) atoms. The zero-order chi connectivity index (χ0) is 24.4. The molecule has 11 nitrogen and oxygen atoms in total. The predicted molar refractivity (Wildman–Crippen MR) is 134 cm³/mol. The van der Waals surface area contributed by atoms with Crippen molar-refractivity contribution in [3.05, 3.63) is 55.0 Å². The van der Waals surface area contributed by atoms with Crippen molar-refractivity contribution < 1.29 is 13.2 Å². The van der Waals surface area contributed by atoms with Crippen molar-refractivity contribution in [3.8, 4) is 11.3 Å². The molecule has 0 aliphatic carbocycles. The van der Waals surface area contributed by atoms with Crippen LogP contribution in [0.5, 0.6) is 0 Å². The fourth-order valence-electron chi connectivity index (χ4n) is 4.05. The lowest BCUT2D eigenvalue weighted by Crippen LogP contribution is -2.38. The Hall–Kier alpha value is -3.48. The van der Waals surface area contributed by atoms with Crippen molar-refractivity contribution in [2.75, 3.05) is 55.8 Å². The predicted octanol–water partition coefficient (Wildman–Crippen LogP) is 2.06. The molecule has 1 N–H and O–H groups in total. The molecule has 5 rings (SSSR count). The molecule has 0 atom stereocenters. The van der Waals surface area contributed by atoms with E-state index in [1.807, 2.05) is 41.2 Å². The normalized spacial score (nSPS) is 14.9. The summed E-state index contributed by atoms with van der Waals surface area (Å²) in [5.74, 6) is 0.414.